The maximum absolute atomic E-state index is 12.0. The highest BCUT2D eigenvalue weighted by atomic mass is 16.5. The molecule has 0 N–H and O–H groups in total. The number of rotatable bonds is 4. The highest BCUT2D eigenvalue weighted by Crippen LogP contribution is 2.19. The number of aromatic nitrogens is 2. The van der Waals surface area contributed by atoms with E-state index in [-0.39, 0.29) is 5.56 Å². The quantitative estimate of drug-likeness (QED) is 0.866. The standard InChI is InChI=1S/C16H20N2O3/c1-18-11-17-15-6-5-13(10-14(15)16(18)19)21-9-7-12-4-2-3-8-20-12/h5-6,10-12H,2-4,7-9H2,1H3/t12-/m1/s1. The van der Waals surface area contributed by atoms with E-state index in [1.807, 2.05) is 12.1 Å². The highest BCUT2D eigenvalue weighted by Gasteiger charge is 2.13. The average Bonchev–Trinajstić information content (AvgIpc) is 2.52. The van der Waals surface area contributed by atoms with Crippen molar-refractivity contribution in [2.75, 3.05) is 13.2 Å². The van der Waals surface area contributed by atoms with Crippen molar-refractivity contribution in [2.24, 2.45) is 7.05 Å². The van der Waals surface area contributed by atoms with Crippen LogP contribution in [-0.2, 0) is 11.8 Å². The van der Waals surface area contributed by atoms with Crippen LogP contribution in [0.5, 0.6) is 5.75 Å². The van der Waals surface area contributed by atoms with E-state index >= 15 is 0 Å². The van der Waals surface area contributed by atoms with Crippen LogP contribution in [0.1, 0.15) is 25.7 Å². The molecule has 1 saturated heterocycles. The Morgan fingerprint density at radius 3 is 3.14 bits per heavy atom. The van der Waals surface area contributed by atoms with E-state index < -0.39 is 0 Å². The van der Waals surface area contributed by atoms with E-state index in [9.17, 15) is 4.79 Å². The summed E-state index contributed by atoms with van der Waals surface area (Å²) >= 11 is 0. The minimum absolute atomic E-state index is 0.0546. The molecule has 2 heterocycles. The largest absolute Gasteiger partial charge is 0.493 e. The fourth-order valence-electron chi connectivity index (χ4n) is 2.62. The lowest BCUT2D eigenvalue weighted by atomic mass is 10.1. The summed E-state index contributed by atoms with van der Waals surface area (Å²) in [4.78, 5) is 16.3. The first-order valence-electron chi connectivity index (χ1n) is 7.44. The van der Waals surface area contributed by atoms with Crippen LogP contribution in [0.25, 0.3) is 10.9 Å². The van der Waals surface area contributed by atoms with Gasteiger partial charge < -0.3 is 14.0 Å². The molecule has 0 amide bonds. The molecule has 2 aromatic rings. The van der Waals surface area contributed by atoms with Gasteiger partial charge in [-0.3, -0.25) is 4.79 Å². The molecule has 0 aliphatic carbocycles. The van der Waals surface area contributed by atoms with Crippen molar-refractivity contribution in [3.05, 3.63) is 34.9 Å². The molecular weight excluding hydrogens is 268 g/mol. The number of ether oxygens (including phenoxy) is 2. The van der Waals surface area contributed by atoms with Crippen molar-refractivity contribution in [1.29, 1.82) is 0 Å². The van der Waals surface area contributed by atoms with Gasteiger partial charge in [0.2, 0.25) is 0 Å². The highest BCUT2D eigenvalue weighted by molar-refractivity contribution is 5.78. The Bertz CT molecular complexity index is 675. The number of fused-ring (bicyclic) bond motifs is 1. The summed E-state index contributed by atoms with van der Waals surface area (Å²) in [5.41, 5.74) is 0.641. The van der Waals surface area contributed by atoms with Gasteiger partial charge in [-0.1, -0.05) is 0 Å². The van der Waals surface area contributed by atoms with Crippen LogP contribution in [0.3, 0.4) is 0 Å². The molecule has 5 nitrogen and oxygen atoms in total. The Balaban J connectivity index is 1.66. The molecule has 0 saturated carbocycles. The molecule has 112 valence electrons. The van der Waals surface area contributed by atoms with Crippen molar-refractivity contribution in [1.82, 2.24) is 9.55 Å². The van der Waals surface area contributed by atoms with Gasteiger partial charge in [-0.2, -0.15) is 0 Å². The number of aryl methyl sites for hydroxylation is 1. The number of benzene rings is 1. The van der Waals surface area contributed by atoms with Gasteiger partial charge in [0, 0.05) is 20.1 Å². The maximum atomic E-state index is 12.0. The molecule has 1 aliphatic heterocycles. The van der Waals surface area contributed by atoms with Crippen LogP contribution in [0.4, 0.5) is 0 Å². The van der Waals surface area contributed by atoms with Crippen LogP contribution in [0.2, 0.25) is 0 Å². The zero-order chi connectivity index (χ0) is 14.7. The fraction of sp³-hybridized carbons (Fsp3) is 0.500. The lowest BCUT2D eigenvalue weighted by molar-refractivity contribution is 0.00406. The summed E-state index contributed by atoms with van der Waals surface area (Å²) in [6.07, 6.45) is 6.26. The van der Waals surface area contributed by atoms with Gasteiger partial charge in [-0.25, -0.2) is 4.98 Å². The van der Waals surface area contributed by atoms with Crippen molar-refractivity contribution >= 4 is 10.9 Å². The van der Waals surface area contributed by atoms with Gasteiger partial charge in [0.25, 0.3) is 5.56 Å². The van der Waals surface area contributed by atoms with E-state index in [2.05, 4.69) is 4.98 Å². The molecule has 5 heteroatoms. The van der Waals surface area contributed by atoms with E-state index in [4.69, 9.17) is 9.47 Å². The molecule has 0 unspecified atom stereocenters. The fourth-order valence-corrected chi connectivity index (χ4v) is 2.62. The zero-order valence-corrected chi connectivity index (χ0v) is 12.2. The van der Waals surface area contributed by atoms with Crippen molar-refractivity contribution < 1.29 is 9.47 Å². The van der Waals surface area contributed by atoms with E-state index in [1.54, 1.807) is 13.1 Å². The molecule has 1 atom stereocenters. The van der Waals surface area contributed by atoms with Gasteiger partial charge in [-0.15, -0.1) is 0 Å². The summed E-state index contributed by atoms with van der Waals surface area (Å²) < 4.78 is 12.9. The number of hydrogen-bond acceptors (Lipinski definition) is 4. The Morgan fingerprint density at radius 2 is 2.33 bits per heavy atom. The molecule has 1 fully saturated rings. The first-order valence-corrected chi connectivity index (χ1v) is 7.44. The predicted octanol–water partition coefficient (Wildman–Crippen LogP) is 2.27. The van der Waals surface area contributed by atoms with Crippen molar-refractivity contribution in [3.8, 4) is 5.75 Å². The third-order valence-corrected chi connectivity index (χ3v) is 3.87. The molecular formula is C16H20N2O3. The smallest absolute Gasteiger partial charge is 0.261 e. The summed E-state index contributed by atoms with van der Waals surface area (Å²) in [7, 11) is 1.70. The topological polar surface area (TPSA) is 53.4 Å². The third-order valence-electron chi connectivity index (χ3n) is 3.87. The molecule has 1 aromatic heterocycles. The molecule has 1 aliphatic rings. The lowest BCUT2D eigenvalue weighted by Crippen LogP contribution is -2.21. The van der Waals surface area contributed by atoms with Crippen LogP contribution in [0.15, 0.2) is 29.3 Å². The van der Waals surface area contributed by atoms with Gasteiger partial charge in [0.1, 0.15) is 5.75 Å². The SMILES string of the molecule is Cn1cnc2ccc(OCC[C@H]3CCCCO3)cc2c1=O. The van der Waals surface area contributed by atoms with Crippen molar-refractivity contribution in [2.45, 2.75) is 31.8 Å². The van der Waals surface area contributed by atoms with E-state index in [0.717, 1.165) is 19.4 Å². The van der Waals surface area contributed by atoms with Crippen LogP contribution in [0, 0.1) is 0 Å². The monoisotopic (exact) mass is 288 g/mol. The summed E-state index contributed by atoms with van der Waals surface area (Å²) in [6.45, 7) is 1.47. The normalized spacial score (nSPS) is 18.8. The van der Waals surface area contributed by atoms with Crippen molar-refractivity contribution in [3.63, 3.8) is 0 Å². The first kappa shape index (κ1) is 14.1. The number of nitrogens with zero attached hydrogens (tertiary/aromatic N) is 2. The predicted molar refractivity (Wildman–Crippen MR) is 80.7 cm³/mol. The van der Waals surface area contributed by atoms with Crippen LogP contribution < -0.4 is 10.3 Å². The average molecular weight is 288 g/mol. The number of hydrogen-bond donors (Lipinski definition) is 0. The maximum Gasteiger partial charge on any atom is 0.261 e. The Labute approximate surface area is 123 Å². The summed E-state index contributed by atoms with van der Waals surface area (Å²) in [6, 6.07) is 5.45. The second-order valence-corrected chi connectivity index (χ2v) is 5.47. The second kappa shape index (κ2) is 6.26. The Morgan fingerprint density at radius 1 is 1.43 bits per heavy atom. The van der Waals surface area contributed by atoms with Gasteiger partial charge >= 0.3 is 0 Å². The summed E-state index contributed by atoms with van der Waals surface area (Å²) in [5.74, 6) is 0.711. The van der Waals surface area contributed by atoms with Gasteiger partial charge in [0.15, 0.2) is 0 Å². The minimum atomic E-state index is -0.0546. The summed E-state index contributed by atoms with van der Waals surface area (Å²) in [5, 5.41) is 0.589. The van der Waals surface area contributed by atoms with E-state index in [1.165, 1.54) is 23.7 Å². The van der Waals surface area contributed by atoms with Gasteiger partial charge in [-0.05, 0) is 37.5 Å². The second-order valence-electron chi connectivity index (χ2n) is 5.47. The van der Waals surface area contributed by atoms with Crippen LogP contribution >= 0.6 is 0 Å². The molecule has 0 radical (unpaired) electrons. The Hall–Kier alpha value is -1.88. The van der Waals surface area contributed by atoms with E-state index in [0.29, 0.717) is 29.4 Å². The van der Waals surface area contributed by atoms with Crippen LogP contribution in [-0.4, -0.2) is 28.9 Å². The lowest BCUT2D eigenvalue weighted by Gasteiger charge is -2.22. The molecule has 21 heavy (non-hydrogen) atoms. The van der Waals surface area contributed by atoms with Gasteiger partial charge in [0.05, 0.1) is 29.9 Å². The molecule has 3 rings (SSSR count). The zero-order valence-electron chi connectivity index (χ0n) is 12.2. The molecule has 0 spiro atoms. The minimum Gasteiger partial charge on any atom is -0.493 e. The third kappa shape index (κ3) is 3.24. The molecule has 0 bridgehead atoms. The molecule has 1 aromatic carbocycles. The first-order chi connectivity index (χ1) is 10.2. The Kier molecular flexibility index (Phi) is 4.20.